The van der Waals surface area contributed by atoms with Gasteiger partial charge in [-0.25, -0.2) is 0 Å². The summed E-state index contributed by atoms with van der Waals surface area (Å²) in [5, 5.41) is 8.09. The van der Waals surface area contributed by atoms with Crippen LogP contribution in [-0.2, 0) is 26.1 Å². The summed E-state index contributed by atoms with van der Waals surface area (Å²) in [6, 6.07) is 4.42. The van der Waals surface area contributed by atoms with E-state index in [4.69, 9.17) is 0 Å². The Hall–Kier alpha value is -1.55. The molecule has 2 aromatic heterocycles. The molecule has 116 valence electrons. The van der Waals surface area contributed by atoms with Gasteiger partial charge in [0.2, 0.25) is 0 Å². The number of aryl methyl sites for hydroxylation is 2. The van der Waals surface area contributed by atoms with Crippen molar-refractivity contribution in [3.8, 4) is 0 Å². The van der Waals surface area contributed by atoms with Gasteiger partial charge >= 0.3 is 0 Å². The van der Waals surface area contributed by atoms with Gasteiger partial charge in [-0.1, -0.05) is 20.8 Å². The van der Waals surface area contributed by atoms with Crippen LogP contribution in [0.25, 0.3) is 0 Å². The average Bonchev–Trinajstić information content (AvgIpc) is 3.05. The van der Waals surface area contributed by atoms with Crippen molar-refractivity contribution in [3.05, 3.63) is 41.5 Å². The fourth-order valence-electron chi connectivity index (χ4n) is 2.47. The molecule has 0 radical (unpaired) electrons. The van der Waals surface area contributed by atoms with Crippen molar-refractivity contribution in [1.82, 2.24) is 19.7 Å². The van der Waals surface area contributed by atoms with Crippen LogP contribution in [0, 0.1) is 5.92 Å². The van der Waals surface area contributed by atoms with Gasteiger partial charge in [-0.15, -0.1) is 0 Å². The number of nitrogens with zero attached hydrogens (tertiary/aromatic N) is 3. The van der Waals surface area contributed by atoms with Crippen LogP contribution < -0.4 is 5.32 Å². The second kappa shape index (κ2) is 7.46. The summed E-state index contributed by atoms with van der Waals surface area (Å²) in [5.41, 5.74) is 3.80. The predicted octanol–water partition coefficient (Wildman–Crippen LogP) is 3.06. The smallest absolute Gasteiger partial charge is 0.0639 e. The van der Waals surface area contributed by atoms with E-state index in [0.717, 1.165) is 32.6 Å². The molecule has 0 saturated heterocycles. The van der Waals surface area contributed by atoms with E-state index in [2.05, 4.69) is 71.9 Å². The van der Waals surface area contributed by atoms with Gasteiger partial charge in [0.25, 0.3) is 0 Å². The minimum absolute atomic E-state index is 0.693. The predicted molar refractivity (Wildman–Crippen MR) is 87.4 cm³/mol. The van der Waals surface area contributed by atoms with Crippen LogP contribution in [0.1, 0.15) is 44.6 Å². The molecule has 0 bridgehead atoms. The van der Waals surface area contributed by atoms with Crippen molar-refractivity contribution < 1.29 is 0 Å². The molecule has 1 N–H and O–H groups in total. The second-order valence-corrected chi connectivity index (χ2v) is 6.01. The largest absolute Gasteiger partial charge is 0.348 e. The van der Waals surface area contributed by atoms with Gasteiger partial charge in [0.1, 0.15) is 0 Å². The monoisotopic (exact) mass is 288 g/mol. The molecule has 2 heterocycles. The third-order valence-corrected chi connectivity index (χ3v) is 3.61. The number of hydrogen-bond acceptors (Lipinski definition) is 2. The molecular formula is C17H28N4. The van der Waals surface area contributed by atoms with Gasteiger partial charge in [0.15, 0.2) is 0 Å². The van der Waals surface area contributed by atoms with Gasteiger partial charge in [0, 0.05) is 25.5 Å². The zero-order valence-electron chi connectivity index (χ0n) is 13.8. The zero-order valence-corrected chi connectivity index (χ0v) is 13.8. The third-order valence-electron chi connectivity index (χ3n) is 3.61. The Morgan fingerprint density at radius 1 is 1.29 bits per heavy atom. The molecule has 0 fully saturated rings. The average molecular weight is 288 g/mol. The Bertz CT molecular complexity index is 551. The molecule has 0 unspecified atom stereocenters. The molecule has 2 rings (SSSR count). The topological polar surface area (TPSA) is 34.8 Å². The van der Waals surface area contributed by atoms with Crippen LogP contribution >= 0.6 is 0 Å². The lowest BCUT2D eigenvalue weighted by Crippen LogP contribution is -2.18. The molecule has 2 aromatic rings. The molecule has 0 aliphatic heterocycles. The van der Waals surface area contributed by atoms with E-state index in [0.29, 0.717) is 5.92 Å². The first-order chi connectivity index (χ1) is 10.1. The van der Waals surface area contributed by atoms with Gasteiger partial charge < -0.3 is 9.88 Å². The van der Waals surface area contributed by atoms with Crippen molar-refractivity contribution in [2.45, 2.75) is 53.8 Å². The van der Waals surface area contributed by atoms with Crippen LogP contribution in [0.3, 0.4) is 0 Å². The maximum absolute atomic E-state index is 4.61. The minimum atomic E-state index is 0.693. The lowest BCUT2D eigenvalue weighted by atomic mass is 10.2. The van der Waals surface area contributed by atoms with Crippen LogP contribution in [-0.4, -0.2) is 20.9 Å². The van der Waals surface area contributed by atoms with E-state index in [9.17, 15) is 0 Å². The van der Waals surface area contributed by atoms with Gasteiger partial charge in [-0.05, 0) is 43.5 Å². The zero-order chi connectivity index (χ0) is 15.2. The van der Waals surface area contributed by atoms with E-state index in [1.807, 2.05) is 0 Å². The summed E-state index contributed by atoms with van der Waals surface area (Å²) in [5.74, 6) is 0.693. The molecule has 0 aromatic carbocycles. The van der Waals surface area contributed by atoms with E-state index < -0.39 is 0 Å². The maximum atomic E-state index is 4.61. The van der Waals surface area contributed by atoms with Crippen molar-refractivity contribution in [1.29, 1.82) is 0 Å². The summed E-state index contributed by atoms with van der Waals surface area (Å²) in [7, 11) is 0. The lowest BCUT2D eigenvalue weighted by Gasteiger charge is -2.07. The Morgan fingerprint density at radius 2 is 2.10 bits per heavy atom. The molecule has 0 saturated carbocycles. The number of aromatic nitrogens is 3. The highest BCUT2D eigenvalue weighted by Crippen LogP contribution is 2.10. The van der Waals surface area contributed by atoms with Crippen LogP contribution in [0.5, 0.6) is 0 Å². The van der Waals surface area contributed by atoms with Crippen molar-refractivity contribution in [3.63, 3.8) is 0 Å². The van der Waals surface area contributed by atoms with Crippen LogP contribution in [0.4, 0.5) is 0 Å². The van der Waals surface area contributed by atoms with E-state index in [1.54, 1.807) is 0 Å². The van der Waals surface area contributed by atoms with Gasteiger partial charge in [0.05, 0.1) is 17.9 Å². The van der Waals surface area contributed by atoms with Crippen LogP contribution in [0.15, 0.2) is 24.5 Å². The first-order valence-corrected chi connectivity index (χ1v) is 8.03. The molecule has 0 atom stereocenters. The molecule has 0 amide bonds. The highest BCUT2D eigenvalue weighted by molar-refractivity contribution is 5.15. The highest BCUT2D eigenvalue weighted by Gasteiger charge is 2.06. The van der Waals surface area contributed by atoms with Crippen molar-refractivity contribution in [2.75, 3.05) is 6.54 Å². The van der Waals surface area contributed by atoms with E-state index in [1.165, 1.54) is 17.0 Å². The number of hydrogen-bond donors (Lipinski definition) is 1. The molecule has 4 nitrogen and oxygen atoms in total. The van der Waals surface area contributed by atoms with Crippen molar-refractivity contribution in [2.24, 2.45) is 5.92 Å². The fourth-order valence-corrected chi connectivity index (χ4v) is 2.47. The number of nitrogens with one attached hydrogen (secondary N) is 1. The third kappa shape index (κ3) is 4.46. The summed E-state index contributed by atoms with van der Waals surface area (Å²) in [6.07, 6.45) is 5.38. The summed E-state index contributed by atoms with van der Waals surface area (Å²) in [4.78, 5) is 0. The SMILES string of the molecule is CCc1cc(Cn2ccc(CNCC(C)C)c2)n(CC)n1. The molecule has 0 spiro atoms. The summed E-state index contributed by atoms with van der Waals surface area (Å²) < 4.78 is 4.35. The van der Waals surface area contributed by atoms with Crippen LogP contribution in [0.2, 0.25) is 0 Å². The molecule has 0 aliphatic carbocycles. The van der Waals surface area contributed by atoms with Gasteiger partial charge in [-0.2, -0.15) is 5.10 Å². The molecule has 4 heteroatoms. The Balaban J connectivity index is 1.97. The fraction of sp³-hybridized carbons (Fsp3) is 0.588. The Labute approximate surface area is 128 Å². The molecular weight excluding hydrogens is 260 g/mol. The highest BCUT2D eigenvalue weighted by atomic mass is 15.3. The first kappa shape index (κ1) is 15.8. The molecule has 0 aliphatic rings. The molecule has 21 heavy (non-hydrogen) atoms. The lowest BCUT2D eigenvalue weighted by molar-refractivity contribution is 0.551. The first-order valence-electron chi connectivity index (χ1n) is 8.03. The summed E-state index contributed by atoms with van der Waals surface area (Å²) >= 11 is 0. The van der Waals surface area contributed by atoms with E-state index >= 15 is 0 Å². The number of rotatable bonds is 8. The minimum Gasteiger partial charge on any atom is -0.348 e. The summed E-state index contributed by atoms with van der Waals surface area (Å²) in [6.45, 7) is 12.6. The maximum Gasteiger partial charge on any atom is 0.0639 e. The normalized spacial score (nSPS) is 11.5. The standard InChI is InChI=1S/C17H28N4/c1-5-16-9-17(21(6-2)19-16)13-20-8-7-15(12-20)11-18-10-14(3)4/h7-9,12,14,18H,5-6,10-11,13H2,1-4H3. The Kier molecular flexibility index (Phi) is 5.62. The quantitative estimate of drug-likeness (QED) is 0.810. The van der Waals surface area contributed by atoms with E-state index in [-0.39, 0.29) is 0 Å². The Morgan fingerprint density at radius 3 is 2.76 bits per heavy atom. The van der Waals surface area contributed by atoms with Gasteiger partial charge in [-0.3, -0.25) is 4.68 Å². The second-order valence-electron chi connectivity index (χ2n) is 6.01. The van der Waals surface area contributed by atoms with Crippen molar-refractivity contribution >= 4 is 0 Å².